The van der Waals surface area contributed by atoms with Gasteiger partial charge in [0.2, 0.25) is 0 Å². The van der Waals surface area contributed by atoms with Gasteiger partial charge in [-0.3, -0.25) is 0 Å². The molecule has 4 rings (SSSR count). The second kappa shape index (κ2) is 7.30. The molecule has 0 N–H and O–H groups in total. The quantitative estimate of drug-likeness (QED) is 0.323. The van der Waals surface area contributed by atoms with Crippen molar-refractivity contribution in [1.82, 2.24) is 0 Å². The minimum atomic E-state index is -1.55. The second-order valence-corrected chi connectivity index (χ2v) is 22.7. The summed E-state index contributed by atoms with van der Waals surface area (Å²) in [6.45, 7) is 21.8. The van der Waals surface area contributed by atoms with Crippen LogP contribution in [0.25, 0.3) is 0 Å². The maximum absolute atomic E-state index is 6.94. The zero-order valence-electron chi connectivity index (χ0n) is 21.4. The van der Waals surface area contributed by atoms with E-state index in [1.807, 2.05) is 0 Å². The van der Waals surface area contributed by atoms with Crippen LogP contribution >= 0.6 is 0 Å². The van der Waals surface area contributed by atoms with Crippen molar-refractivity contribution in [2.24, 2.45) is 28.6 Å². The van der Waals surface area contributed by atoms with E-state index in [0.717, 1.165) is 17.8 Å². The average molecular weight is 449 g/mol. The van der Waals surface area contributed by atoms with Crippen molar-refractivity contribution in [3.05, 3.63) is 11.6 Å². The third-order valence-electron chi connectivity index (χ3n) is 9.64. The van der Waals surface area contributed by atoms with Gasteiger partial charge in [-0.05, 0) is 126 Å². The van der Waals surface area contributed by atoms with Gasteiger partial charge >= 0.3 is 0 Å². The normalized spacial score (nSPS) is 46.6. The highest BCUT2D eigenvalue weighted by molar-refractivity contribution is 6.70. The highest BCUT2D eigenvalue weighted by atomic mass is 28.4. The average Bonchev–Trinajstić information content (AvgIpc) is 2.83. The summed E-state index contributed by atoms with van der Waals surface area (Å²) in [5.41, 5.74) is 2.61. The molecule has 0 heterocycles. The van der Waals surface area contributed by atoms with E-state index >= 15 is 0 Å². The summed E-state index contributed by atoms with van der Waals surface area (Å²) in [6, 6.07) is 0. The molecule has 0 aromatic rings. The third kappa shape index (κ3) is 3.86. The monoisotopic (exact) mass is 448 g/mol. The summed E-state index contributed by atoms with van der Waals surface area (Å²) in [5, 5.41) is 0. The van der Waals surface area contributed by atoms with Crippen molar-refractivity contribution in [3.63, 3.8) is 0 Å². The molecule has 4 aliphatic rings. The molecule has 0 aromatic heterocycles. The fraction of sp³-hybridized carbons (Fsp3) is 0.923. The Morgan fingerprint density at radius 3 is 2.13 bits per heavy atom. The van der Waals surface area contributed by atoms with Crippen molar-refractivity contribution in [2.45, 2.75) is 123 Å². The first-order chi connectivity index (χ1) is 13.7. The van der Waals surface area contributed by atoms with Crippen LogP contribution in [0.4, 0.5) is 0 Å². The number of hydrogen-bond donors (Lipinski definition) is 0. The van der Waals surface area contributed by atoms with Gasteiger partial charge in [-0.25, -0.2) is 0 Å². The van der Waals surface area contributed by atoms with Crippen molar-refractivity contribution in [1.29, 1.82) is 0 Å². The molecule has 0 spiro atoms. The maximum Gasteiger partial charge on any atom is 0.184 e. The first-order valence-corrected chi connectivity index (χ1v) is 19.6. The van der Waals surface area contributed by atoms with Gasteiger partial charge in [-0.15, -0.1) is 0 Å². The minimum Gasteiger partial charge on any atom is -0.414 e. The Labute approximate surface area is 188 Å². The SMILES string of the molecule is C[C@]12CC[C@H](O[Si](C)(C)C)CC1=CC[C@@H]1[C@@H]2CC[C@@]2(C)[C@H]1CC[C@]2(C)O[Si](C)(C)C. The summed E-state index contributed by atoms with van der Waals surface area (Å²) < 4.78 is 13.5. The van der Waals surface area contributed by atoms with Crippen molar-refractivity contribution in [3.8, 4) is 0 Å². The molecule has 0 amide bonds. The maximum atomic E-state index is 6.94. The predicted octanol–water partition coefficient (Wildman–Crippen LogP) is 7.78. The van der Waals surface area contributed by atoms with Crippen LogP contribution < -0.4 is 0 Å². The highest BCUT2D eigenvalue weighted by Crippen LogP contribution is 2.68. The first kappa shape index (κ1) is 23.3. The van der Waals surface area contributed by atoms with E-state index in [1.54, 1.807) is 5.57 Å². The van der Waals surface area contributed by atoms with Gasteiger partial charge in [0, 0.05) is 6.10 Å². The second-order valence-electron chi connectivity index (χ2n) is 13.8. The molecule has 3 fully saturated rings. The fourth-order valence-corrected chi connectivity index (χ4v) is 11.2. The first-order valence-electron chi connectivity index (χ1n) is 12.7. The number of allylic oxidation sites excluding steroid dienone is 1. The van der Waals surface area contributed by atoms with Gasteiger partial charge in [0.05, 0.1) is 5.60 Å². The van der Waals surface area contributed by atoms with Crippen molar-refractivity contribution >= 4 is 16.6 Å². The highest BCUT2D eigenvalue weighted by Gasteiger charge is 2.63. The summed E-state index contributed by atoms with van der Waals surface area (Å²) in [7, 11) is -3.02. The van der Waals surface area contributed by atoms with Crippen LogP contribution in [0.15, 0.2) is 11.6 Å². The molecule has 2 nitrogen and oxygen atoms in total. The Morgan fingerprint density at radius 1 is 0.833 bits per heavy atom. The van der Waals surface area contributed by atoms with Crippen LogP contribution in [-0.2, 0) is 8.85 Å². The minimum absolute atomic E-state index is 0.0842. The zero-order valence-corrected chi connectivity index (χ0v) is 23.4. The lowest BCUT2D eigenvalue weighted by Gasteiger charge is -2.60. The van der Waals surface area contributed by atoms with E-state index in [0.29, 0.717) is 16.9 Å². The van der Waals surface area contributed by atoms with Crippen LogP contribution in [-0.4, -0.2) is 28.3 Å². The van der Waals surface area contributed by atoms with Gasteiger partial charge in [-0.1, -0.05) is 25.5 Å². The van der Waals surface area contributed by atoms with Crippen LogP contribution in [0.1, 0.15) is 72.1 Å². The Kier molecular flexibility index (Phi) is 5.66. The lowest BCUT2D eigenvalue weighted by molar-refractivity contribution is -0.106. The largest absolute Gasteiger partial charge is 0.414 e. The molecule has 0 aliphatic heterocycles. The molecule has 0 unspecified atom stereocenters. The lowest BCUT2D eigenvalue weighted by Crippen LogP contribution is -2.56. The topological polar surface area (TPSA) is 18.5 Å². The Morgan fingerprint density at radius 2 is 1.50 bits per heavy atom. The van der Waals surface area contributed by atoms with Crippen LogP contribution in [0.2, 0.25) is 39.3 Å². The summed E-state index contributed by atoms with van der Waals surface area (Å²) in [5.74, 6) is 2.57. The molecule has 3 saturated carbocycles. The Hall–Kier alpha value is 0.0938. The zero-order chi connectivity index (χ0) is 22.2. The Bertz CT molecular complexity index is 705. The molecule has 0 radical (unpaired) electrons. The number of rotatable bonds is 4. The molecule has 30 heavy (non-hydrogen) atoms. The molecule has 172 valence electrons. The van der Waals surface area contributed by atoms with E-state index < -0.39 is 16.6 Å². The summed E-state index contributed by atoms with van der Waals surface area (Å²) in [4.78, 5) is 0. The number of fused-ring (bicyclic) bond motifs is 5. The van der Waals surface area contributed by atoms with Crippen LogP contribution in [0.3, 0.4) is 0 Å². The molecule has 4 heteroatoms. The fourth-order valence-electron chi connectivity index (χ4n) is 8.30. The van der Waals surface area contributed by atoms with Gasteiger partial charge in [0.1, 0.15) is 0 Å². The molecule has 7 atom stereocenters. The van der Waals surface area contributed by atoms with E-state index in [4.69, 9.17) is 8.85 Å². The van der Waals surface area contributed by atoms with Crippen molar-refractivity contribution in [2.75, 3.05) is 0 Å². The molecule has 0 aromatic carbocycles. The molecule has 0 bridgehead atoms. The van der Waals surface area contributed by atoms with E-state index in [1.165, 1.54) is 51.4 Å². The lowest BCUT2D eigenvalue weighted by atomic mass is 9.47. The molecular formula is C26H48O2Si2. The van der Waals surface area contributed by atoms with Gasteiger partial charge in [-0.2, -0.15) is 0 Å². The molecule has 4 aliphatic carbocycles. The van der Waals surface area contributed by atoms with Gasteiger partial charge < -0.3 is 8.85 Å². The van der Waals surface area contributed by atoms with Crippen LogP contribution in [0, 0.1) is 28.6 Å². The number of hydrogen-bond acceptors (Lipinski definition) is 2. The Balaban J connectivity index is 1.56. The van der Waals surface area contributed by atoms with E-state index in [9.17, 15) is 0 Å². The standard InChI is InChI=1S/C26H48O2Si2/c1-24-15-12-20(27-29(4,5)6)18-19(24)10-11-21-22(24)13-16-25(2)23(21)14-17-26(25,3)28-30(7,8)9/h10,20-23H,11-18H2,1-9H3/t20-,21+,22-,23-,24-,25-,26-/m0/s1. The predicted molar refractivity (Wildman–Crippen MR) is 133 cm³/mol. The third-order valence-corrected chi connectivity index (χ3v) is 11.7. The van der Waals surface area contributed by atoms with Crippen LogP contribution in [0.5, 0.6) is 0 Å². The molecule has 0 saturated heterocycles. The smallest absolute Gasteiger partial charge is 0.184 e. The van der Waals surface area contributed by atoms with Gasteiger partial charge in [0.15, 0.2) is 16.6 Å². The molecular weight excluding hydrogens is 400 g/mol. The summed E-state index contributed by atoms with van der Waals surface area (Å²) in [6.07, 6.45) is 13.7. The van der Waals surface area contributed by atoms with E-state index in [2.05, 4.69) is 66.1 Å². The summed E-state index contributed by atoms with van der Waals surface area (Å²) >= 11 is 0. The van der Waals surface area contributed by atoms with Gasteiger partial charge in [0.25, 0.3) is 0 Å². The van der Waals surface area contributed by atoms with E-state index in [-0.39, 0.29) is 5.60 Å². The van der Waals surface area contributed by atoms with Crippen molar-refractivity contribution < 1.29 is 8.85 Å².